The van der Waals surface area contributed by atoms with Gasteiger partial charge < -0.3 is 4.40 Å². The van der Waals surface area contributed by atoms with Crippen LogP contribution >= 0.6 is 11.8 Å². The highest BCUT2D eigenvalue weighted by molar-refractivity contribution is 7.97. The maximum atomic E-state index is 4.65. The molecule has 3 aromatic rings. The average Bonchev–Trinajstić information content (AvgIpc) is 2.83. The number of benzene rings is 1. The van der Waals surface area contributed by atoms with Crippen molar-refractivity contribution in [1.82, 2.24) is 9.38 Å². The zero-order chi connectivity index (χ0) is 13.9. The number of thioether (sulfide) groups is 1. The Labute approximate surface area is 123 Å². The number of rotatable bonds is 4. The monoisotopic (exact) mass is 282 g/mol. The lowest BCUT2D eigenvalue weighted by Gasteiger charge is -2.03. The van der Waals surface area contributed by atoms with Crippen LogP contribution < -0.4 is 0 Å². The zero-order valence-corrected chi connectivity index (χ0v) is 12.7. The summed E-state index contributed by atoms with van der Waals surface area (Å²) in [6, 6.07) is 12.8. The molecule has 0 amide bonds. The molecule has 0 radical (unpaired) electrons. The highest BCUT2D eigenvalue weighted by Crippen LogP contribution is 2.20. The number of hydrogen-bond acceptors (Lipinski definition) is 2. The summed E-state index contributed by atoms with van der Waals surface area (Å²) in [6.07, 6.45) is 4.25. The van der Waals surface area contributed by atoms with Gasteiger partial charge in [0, 0.05) is 23.9 Å². The number of fused-ring (bicyclic) bond motifs is 1. The molecule has 2 aromatic heterocycles. The maximum Gasteiger partial charge on any atom is 0.137 e. The van der Waals surface area contributed by atoms with E-state index in [1.165, 1.54) is 16.7 Å². The van der Waals surface area contributed by atoms with Crippen LogP contribution in [0.3, 0.4) is 0 Å². The highest BCUT2D eigenvalue weighted by atomic mass is 32.2. The molecule has 3 rings (SSSR count). The van der Waals surface area contributed by atoms with Gasteiger partial charge >= 0.3 is 0 Å². The van der Waals surface area contributed by atoms with Gasteiger partial charge in [-0.2, -0.15) is 11.8 Å². The third-order valence-corrected chi connectivity index (χ3v) is 4.43. The van der Waals surface area contributed by atoms with Crippen molar-refractivity contribution in [2.45, 2.75) is 25.4 Å². The molecule has 0 saturated carbocycles. The molecule has 0 saturated heterocycles. The van der Waals surface area contributed by atoms with E-state index in [1.807, 2.05) is 11.8 Å². The fourth-order valence-corrected chi connectivity index (χ4v) is 3.26. The summed E-state index contributed by atoms with van der Waals surface area (Å²) in [5.74, 6) is 1.99. The number of nitrogens with zero attached hydrogens (tertiary/aromatic N) is 2. The van der Waals surface area contributed by atoms with Crippen LogP contribution in [0.1, 0.15) is 22.4 Å². The molecule has 0 unspecified atom stereocenters. The van der Waals surface area contributed by atoms with Crippen molar-refractivity contribution in [2.75, 3.05) is 0 Å². The maximum absolute atomic E-state index is 4.65. The Morgan fingerprint density at radius 2 is 1.85 bits per heavy atom. The number of aromatic nitrogens is 2. The number of hydrogen-bond donors (Lipinski definition) is 0. The van der Waals surface area contributed by atoms with Crippen LogP contribution in [0.15, 0.2) is 48.8 Å². The minimum atomic E-state index is 0.953. The third kappa shape index (κ3) is 2.88. The minimum Gasteiger partial charge on any atom is -0.307 e. The number of aryl methyl sites for hydroxylation is 2. The molecule has 0 spiro atoms. The standard InChI is InChI=1S/C17H18N2S/c1-13-7-8-17-18-16(10-19(17)9-13)12-20-11-15-6-4-3-5-14(15)2/h3-10H,11-12H2,1-2H3. The van der Waals surface area contributed by atoms with Gasteiger partial charge in [0.15, 0.2) is 0 Å². The second-order valence-electron chi connectivity index (χ2n) is 5.12. The fourth-order valence-electron chi connectivity index (χ4n) is 2.26. The number of imidazole rings is 1. The summed E-state index contributed by atoms with van der Waals surface area (Å²) >= 11 is 1.92. The van der Waals surface area contributed by atoms with Crippen LogP contribution in [-0.4, -0.2) is 9.38 Å². The molecule has 102 valence electrons. The van der Waals surface area contributed by atoms with E-state index < -0.39 is 0 Å². The predicted octanol–water partition coefficient (Wildman–Crippen LogP) is 4.38. The van der Waals surface area contributed by atoms with Crippen molar-refractivity contribution in [3.05, 3.63) is 71.2 Å². The van der Waals surface area contributed by atoms with E-state index in [0.717, 1.165) is 22.8 Å². The lowest BCUT2D eigenvalue weighted by molar-refractivity contribution is 1.15. The van der Waals surface area contributed by atoms with Crippen LogP contribution in [0.2, 0.25) is 0 Å². The molecule has 0 bridgehead atoms. The Kier molecular flexibility index (Phi) is 3.79. The topological polar surface area (TPSA) is 17.3 Å². The normalized spacial score (nSPS) is 11.1. The molecule has 0 aliphatic heterocycles. The third-order valence-electron chi connectivity index (χ3n) is 3.42. The first-order valence-corrected chi connectivity index (χ1v) is 7.94. The summed E-state index contributed by atoms with van der Waals surface area (Å²) < 4.78 is 2.11. The van der Waals surface area contributed by atoms with E-state index in [1.54, 1.807) is 0 Å². The van der Waals surface area contributed by atoms with Crippen LogP contribution in [0.5, 0.6) is 0 Å². The van der Waals surface area contributed by atoms with E-state index in [4.69, 9.17) is 0 Å². The van der Waals surface area contributed by atoms with E-state index in [2.05, 4.69) is 72.0 Å². The molecule has 2 heterocycles. The zero-order valence-electron chi connectivity index (χ0n) is 11.8. The second kappa shape index (κ2) is 5.71. The Hall–Kier alpha value is -1.74. The van der Waals surface area contributed by atoms with Crippen LogP contribution in [0, 0.1) is 13.8 Å². The smallest absolute Gasteiger partial charge is 0.137 e. The first-order chi connectivity index (χ1) is 9.72. The van der Waals surface area contributed by atoms with Crippen molar-refractivity contribution in [2.24, 2.45) is 0 Å². The molecule has 0 fully saturated rings. The van der Waals surface area contributed by atoms with Crippen molar-refractivity contribution in [3.63, 3.8) is 0 Å². The first-order valence-electron chi connectivity index (χ1n) is 6.79. The van der Waals surface area contributed by atoms with Gasteiger partial charge in [-0.05, 0) is 36.6 Å². The Bertz CT molecular complexity index is 731. The molecular formula is C17H18N2S. The molecule has 0 aliphatic carbocycles. The van der Waals surface area contributed by atoms with Crippen LogP contribution in [0.25, 0.3) is 5.65 Å². The van der Waals surface area contributed by atoms with E-state index in [9.17, 15) is 0 Å². The lowest BCUT2D eigenvalue weighted by Crippen LogP contribution is -1.87. The molecular weight excluding hydrogens is 264 g/mol. The van der Waals surface area contributed by atoms with E-state index in [-0.39, 0.29) is 0 Å². The average molecular weight is 282 g/mol. The lowest BCUT2D eigenvalue weighted by atomic mass is 10.1. The van der Waals surface area contributed by atoms with Crippen molar-refractivity contribution in [3.8, 4) is 0 Å². The van der Waals surface area contributed by atoms with Gasteiger partial charge in [0.2, 0.25) is 0 Å². The van der Waals surface area contributed by atoms with Gasteiger partial charge in [-0.15, -0.1) is 0 Å². The summed E-state index contributed by atoms with van der Waals surface area (Å²) in [7, 11) is 0. The SMILES string of the molecule is Cc1ccc2nc(CSCc3ccccc3C)cn2c1. The summed E-state index contributed by atoms with van der Waals surface area (Å²) in [4.78, 5) is 4.65. The summed E-state index contributed by atoms with van der Waals surface area (Å²) in [5, 5.41) is 0. The molecule has 0 N–H and O–H groups in total. The Morgan fingerprint density at radius 1 is 1.00 bits per heavy atom. The molecule has 20 heavy (non-hydrogen) atoms. The first kappa shape index (κ1) is 13.3. The Morgan fingerprint density at radius 3 is 2.70 bits per heavy atom. The minimum absolute atomic E-state index is 0.953. The molecule has 0 atom stereocenters. The molecule has 0 aliphatic rings. The molecule has 1 aromatic carbocycles. The predicted molar refractivity (Wildman–Crippen MR) is 86.1 cm³/mol. The van der Waals surface area contributed by atoms with Crippen molar-refractivity contribution in [1.29, 1.82) is 0 Å². The highest BCUT2D eigenvalue weighted by Gasteiger charge is 2.03. The van der Waals surface area contributed by atoms with Gasteiger partial charge in [0.25, 0.3) is 0 Å². The van der Waals surface area contributed by atoms with E-state index in [0.29, 0.717) is 0 Å². The quantitative estimate of drug-likeness (QED) is 0.706. The fraction of sp³-hybridized carbons (Fsp3) is 0.235. The van der Waals surface area contributed by atoms with E-state index >= 15 is 0 Å². The summed E-state index contributed by atoms with van der Waals surface area (Å²) in [5.41, 5.74) is 6.22. The van der Waals surface area contributed by atoms with Gasteiger partial charge in [0.05, 0.1) is 5.69 Å². The largest absolute Gasteiger partial charge is 0.307 e. The van der Waals surface area contributed by atoms with Gasteiger partial charge in [-0.25, -0.2) is 4.98 Å². The molecule has 2 nitrogen and oxygen atoms in total. The van der Waals surface area contributed by atoms with Crippen molar-refractivity contribution < 1.29 is 0 Å². The Balaban J connectivity index is 1.67. The van der Waals surface area contributed by atoms with Gasteiger partial charge in [-0.3, -0.25) is 0 Å². The second-order valence-corrected chi connectivity index (χ2v) is 6.11. The molecule has 3 heteroatoms. The van der Waals surface area contributed by atoms with Crippen molar-refractivity contribution >= 4 is 17.4 Å². The van der Waals surface area contributed by atoms with Gasteiger partial charge in [0.1, 0.15) is 5.65 Å². The van der Waals surface area contributed by atoms with Crippen LogP contribution in [0.4, 0.5) is 0 Å². The van der Waals surface area contributed by atoms with Crippen LogP contribution in [-0.2, 0) is 11.5 Å². The number of pyridine rings is 1. The van der Waals surface area contributed by atoms with Gasteiger partial charge in [-0.1, -0.05) is 30.3 Å². The summed E-state index contributed by atoms with van der Waals surface area (Å²) in [6.45, 7) is 4.27.